The van der Waals surface area contributed by atoms with Crippen LogP contribution in [-0.4, -0.2) is 40.0 Å². The van der Waals surface area contributed by atoms with Gasteiger partial charge in [-0.15, -0.1) is 0 Å². The highest BCUT2D eigenvalue weighted by Crippen LogP contribution is 2.41. The Hall–Kier alpha value is -2.75. The number of carbonyl (C=O) groups is 1. The van der Waals surface area contributed by atoms with Crippen molar-refractivity contribution in [2.45, 2.75) is 51.1 Å². The molecule has 0 aliphatic carbocycles. The number of alkyl halides is 3. The van der Waals surface area contributed by atoms with Gasteiger partial charge in [0, 0.05) is 19.4 Å². The number of hydrogen-bond donors (Lipinski definition) is 2. The molecule has 2 unspecified atom stereocenters. The quantitative estimate of drug-likeness (QED) is 0.673. The maximum atomic E-state index is 13.6. The molecule has 1 heterocycles. The Balaban J connectivity index is 2.19. The Kier molecular flexibility index (Phi) is 7.02. The second-order valence-electron chi connectivity index (χ2n) is 7.26. The summed E-state index contributed by atoms with van der Waals surface area (Å²) in [7, 11) is 2.78. The lowest BCUT2D eigenvalue weighted by atomic mass is 9.96. The molecule has 2 atom stereocenters. The summed E-state index contributed by atoms with van der Waals surface area (Å²) in [5.41, 5.74) is -2.81. The van der Waals surface area contributed by atoms with E-state index in [-0.39, 0.29) is 6.10 Å². The van der Waals surface area contributed by atoms with Gasteiger partial charge in [0.05, 0.1) is 25.7 Å². The minimum atomic E-state index is -5.09. The van der Waals surface area contributed by atoms with E-state index in [2.05, 4.69) is 10.3 Å². The standard InChI is InChI=1S/C20H26F3N3O4/c1-12(2)30-15-7-6-14(10-16(15)29-5)13(3)25-17(27)11-19(28,20(21,22)23)18-24-8-9-26(18)4/h6-10,12-13,28H,11H2,1-5H3,(H,25,27). The van der Waals surface area contributed by atoms with Gasteiger partial charge in [0.15, 0.2) is 17.3 Å². The average Bonchev–Trinajstić information content (AvgIpc) is 3.06. The summed E-state index contributed by atoms with van der Waals surface area (Å²) in [4.78, 5) is 16.0. The monoisotopic (exact) mass is 429 g/mol. The third-order valence-corrected chi connectivity index (χ3v) is 4.50. The number of hydrogen-bond acceptors (Lipinski definition) is 5. The maximum absolute atomic E-state index is 13.6. The molecule has 166 valence electrons. The van der Waals surface area contributed by atoms with Gasteiger partial charge in [0.1, 0.15) is 0 Å². The van der Waals surface area contributed by atoms with Crippen molar-refractivity contribution in [3.63, 3.8) is 0 Å². The van der Waals surface area contributed by atoms with Crippen LogP contribution in [-0.2, 0) is 17.4 Å². The first-order chi connectivity index (χ1) is 13.9. The van der Waals surface area contributed by atoms with Crippen LogP contribution in [0.15, 0.2) is 30.6 Å². The van der Waals surface area contributed by atoms with Crippen LogP contribution in [0.5, 0.6) is 11.5 Å². The van der Waals surface area contributed by atoms with Gasteiger partial charge in [0.2, 0.25) is 11.5 Å². The molecular formula is C20H26F3N3O4. The zero-order valence-corrected chi connectivity index (χ0v) is 17.4. The number of ether oxygens (including phenoxy) is 2. The van der Waals surface area contributed by atoms with Crippen LogP contribution in [0.3, 0.4) is 0 Å². The van der Waals surface area contributed by atoms with Crippen LogP contribution in [0, 0.1) is 0 Å². The van der Waals surface area contributed by atoms with E-state index in [1.165, 1.54) is 20.4 Å². The van der Waals surface area contributed by atoms with E-state index in [0.29, 0.717) is 17.1 Å². The second-order valence-corrected chi connectivity index (χ2v) is 7.26. The van der Waals surface area contributed by atoms with E-state index in [1.807, 2.05) is 13.8 Å². The Labute approximate surface area is 172 Å². The number of benzene rings is 1. The molecule has 1 aromatic heterocycles. The number of methoxy groups -OCH3 is 1. The van der Waals surface area contributed by atoms with Crippen LogP contribution >= 0.6 is 0 Å². The number of carbonyl (C=O) groups excluding carboxylic acids is 1. The van der Waals surface area contributed by atoms with E-state index in [4.69, 9.17) is 9.47 Å². The van der Waals surface area contributed by atoms with Crippen LogP contribution in [0.2, 0.25) is 0 Å². The maximum Gasteiger partial charge on any atom is 0.425 e. The van der Waals surface area contributed by atoms with Crippen molar-refractivity contribution in [2.24, 2.45) is 7.05 Å². The van der Waals surface area contributed by atoms with Crippen LogP contribution in [0.25, 0.3) is 0 Å². The van der Waals surface area contributed by atoms with E-state index in [0.717, 1.165) is 10.8 Å². The summed E-state index contributed by atoms with van der Waals surface area (Å²) in [6, 6.07) is 4.34. The van der Waals surface area contributed by atoms with E-state index >= 15 is 0 Å². The SMILES string of the molecule is COc1cc(C(C)NC(=O)CC(O)(c2nccn2C)C(F)(F)F)ccc1OC(C)C. The third-order valence-electron chi connectivity index (χ3n) is 4.50. The predicted octanol–water partition coefficient (Wildman–Crippen LogP) is 3.23. The lowest BCUT2D eigenvalue weighted by Gasteiger charge is -2.30. The fourth-order valence-electron chi connectivity index (χ4n) is 2.98. The smallest absolute Gasteiger partial charge is 0.425 e. The summed E-state index contributed by atoms with van der Waals surface area (Å²) in [6.45, 7) is 5.34. The largest absolute Gasteiger partial charge is 0.493 e. The average molecular weight is 429 g/mol. The highest BCUT2D eigenvalue weighted by molar-refractivity contribution is 5.77. The Morgan fingerprint density at radius 2 is 1.93 bits per heavy atom. The van der Waals surface area contributed by atoms with Crippen molar-refractivity contribution in [2.75, 3.05) is 7.11 Å². The van der Waals surface area contributed by atoms with Gasteiger partial charge in [-0.2, -0.15) is 13.2 Å². The number of nitrogens with zero attached hydrogens (tertiary/aromatic N) is 2. The molecular weight excluding hydrogens is 403 g/mol. The molecule has 2 rings (SSSR count). The molecule has 0 aliphatic rings. The number of aryl methyl sites for hydroxylation is 1. The van der Waals surface area contributed by atoms with Gasteiger partial charge in [0.25, 0.3) is 0 Å². The summed E-state index contributed by atoms with van der Waals surface area (Å²) in [6.07, 6.45) is -4.00. The van der Waals surface area contributed by atoms with Gasteiger partial charge in [-0.1, -0.05) is 6.07 Å². The zero-order chi connectivity index (χ0) is 22.7. The van der Waals surface area contributed by atoms with Crippen LogP contribution in [0.4, 0.5) is 13.2 Å². The normalized spacial score (nSPS) is 14.9. The van der Waals surface area contributed by atoms with Crippen molar-refractivity contribution >= 4 is 5.91 Å². The minimum Gasteiger partial charge on any atom is -0.493 e. The highest BCUT2D eigenvalue weighted by atomic mass is 19.4. The molecule has 7 nitrogen and oxygen atoms in total. The Morgan fingerprint density at radius 1 is 1.27 bits per heavy atom. The summed E-state index contributed by atoms with van der Waals surface area (Å²) < 4.78 is 52.8. The summed E-state index contributed by atoms with van der Waals surface area (Å²) >= 11 is 0. The van der Waals surface area contributed by atoms with Crippen molar-refractivity contribution < 1.29 is 32.5 Å². The van der Waals surface area contributed by atoms with Crippen LogP contribution in [0.1, 0.15) is 44.6 Å². The molecule has 0 fully saturated rings. The molecule has 1 aromatic carbocycles. The van der Waals surface area contributed by atoms with E-state index in [9.17, 15) is 23.1 Å². The molecule has 2 N–H and O–H groups in total. The molecule has 0 saturated carbocycles. The van der Waals surface area contributed by atoms with Crippen molar-refractivity contribution in [3.8, 4) is 11.5 Å². The lowest BCUT2D eigenvalue weighted by molar-refractivity contribution is -0.271. The lowest BCUT2D eigenvalue weighted by Crippen LogP contribution is -2.48. The fourth-order valence-corrected chi connectivity index (χ4v) is 2.98. The first-order valence-corrected chi connectivity index (χ1v) is 9.30. The van der Waals surface area contributed by atoms with Gasteiger partial charge in [-0.05, 0) is 38.5 Å². The molecule has 1 amide bonds. The predicted molar refractivity (Wildman–Crippen MR) is 103 cm³/mol. The Bertz CT molecular complexity index is 882. The van der Waals surface area contributed by atoms with Gasteiger partial charge in [-0.3, -0.25) is 4.79 Å². The number of nitrogens with one attached hydrogen (secondary N) is 1. The first-order valence-electron chi connectivity index (χ1n) is 9.30. The van der Waals surface area contributed by atoms with Crippen molar-refractivity contribution in [1.29, 1.82) is 0 Å². The molecule has 30 heavy (non-hydrogen) atoms. The number of aromatic nitrogens is 2. The number of halogens is 3. The van der Waals surface area contributed by atoms with Gasteiger partial charge < -0.3 is 24.5 Å². The molecule has 0 aliphatic heterocycles. The van der Waals surface area contributed by atoms with Crippen molar-refractivity contribution in [1.82, 2.24) is 14.9 Å². The van der Waals surface area contributed by atoms with E-state index < -0.39 is 36.0 Å². The number of aliphatic hydroxyl groups is 1. The third kappa shape index (κ3) is 5.05. The van der Waals surface area contributed by atoms with Crippen LogP contribution < -0.4 is 14.8 Å². The summed E-state index contributed by atoms with van der Waals surface area (Å²) in [5, 5.41) is 12.8. The topological polar surface area (TPSA) is 85.6 Å². The Morgan fingerprint density at radius 3 is 2.43 bits per heavy atom. The van der Waals surface area contributed by atoms with Gasteiger partial charge in [-0.25, -0.2) is 4.98 Å². The zero-order valence-electron chi connectivity index (χ0n) is 17.4. The number of amides is 1. The molecule has 0 radical (unpaired) electrons. The summed E-state index contributed by atoms with van der Waals surface area (Å²) in [5.74, 6) is -0.695. The number of imidazole rings is 1. The molecule has 0 spiro atoms. The molecule has 0 bridgehead atoms. The van der Waals surface area contributed by atoms with Gasteiger partial charge >= 0.3 is 6.18 Å². The van der Waals surface area contributed by atoms with E-state index in [1.54, 1.807) is 25.1 Å². The highest BCUT2D eigenvalue weighted by Gasteiger charge is 2.58. The molecule has 10 heteroatoms. The number of rotatable bonds is 8. The second kappa shape index (κ2) is 8.95. The first kappa shape index (κ1) is 23.5. The molecule has 2 aromatic rings. The molecule has 0 saturated heterocycles. The minimum absolute atomic E-state index is 0.0759. The fraction of sp³-hybridized carbons (Fsp3) is 0.500. The van der Waals surface area contributed by atoms with Crippen molar-refractivity contribution in [3.05, 3.63) is 42.0 Å².